The number of piperidine rings is 1. The van der Waals surface area contributed by atoms with Gasteiger partial charge in [0.25, 0.3) is 0 Å². The Morgan fingerprint density at radius 1 is 0.962 bits per heavy atom. The van der Waals surface area contributed by atoms with E-state index in [0.717, 1.165) is 19.3 Å². The Hall–Kier alpha value is -1.93. The van der Waals surface area contributed by atoms with Gasteiger partial charge in [0, 0.05) is 20.1 Å². The number of likely N-dealkylation sites (tertiary alicyclic amines) is 1. The molecule has 0 saturated carbocycles. The molecule has 1 aromatic carbocycles. The van der Waals surface area contributed by atoms with Crippen molar-refractivity contribution in [1.29, 1.82) is 0 Å². The van der Waals surface area contributed by atoms with Crippen LogP contribution < -0.4 is 0 Å². The summed E-state index contributed by atoms with van der Waals surface area (Å²) in [6.07, 6.45) is -7.17. The lowest BCUT2D eigenvalue weighted by molar-refractivity contribution is -0.143. The van der Waals surface area contributed by atoms with E-state index in [0.29, 0.717) is 25.2 Å². The second-order valence-electron chi connectivity index (χ2n) is 6.46. The van der Waals surface area contributed by atoms with Crippen LogP contribution in [0, 0.1) is 0 Å². The minimum atomic E-state index is -4.91. The van der Waals surface area contributed by atoms with Gasteiger partial charge in [0.2, 0.25) is 0 Å². The van der Waals surface area contributed by atoms with Gasteiger partial charge in [-0.05, 0) is 49.9 Å². The molecule has 0 bridgehead atoms. The van der Waals surface area contributed by atoms with Gasteiger partial charge >= 0.3 is 18.4 Å². The Labute approximate surface area is 147 Å². The van der Waals surface area contributed by atoms with Crippen molar-refractivity contribution in [3.8, 4) is 0 Å². The molecule has 2 amide bonds. The number of rotatable bonds is 2. The summed E-state index contributed by atoms with van der Waals surface area (Å²) in [5.41, 5.74) is -2.97. The average Bonchev–Trinajstić information content (AvgIpc) is 2.58. The molecule has 1 saturated heterocycles. The molecule has 0 N–H and O–H groups in total. The largest absolute Gasteiger partial charge is 0.416 e. The van der Waals surface area contributed by atoms with Gasteiger partial charge in [-0.15, -0.1) is 0 Å². The van der Waals surface area contributed by atoms with Gasteiger partial charge in [0.1, 0.15) is 0 Å². The van der Waals surface area contributed by atoms with Crippen molar-refractivity contribution < 1.29 is 31.1 Å². The maximum Gasteiger partial charge on any atom is 0.416 e. The van der Waals surface area contributed by atoms with Crippen molar-refractivity contribution in [3.63, 3.8) is 0 Å². The topological polar surface area (TPSA) is 23.6 Å². The van der Waals surface area contributed by atoms with E-state index in [1.54, 1.807) is 4.90 Å². The van der Waals surface area contributed by atoms with Crippen LogP contribution in [0.1, 0.15) is 48.9 Å². The molecule has 0 radical (unpaired) electrons. The third kappa shape index (κ3) is 4.62. The fraction of sp³-hybridized carbons (Fsp3) is 0.588. The molecule has 3 nitrogen and oxygen atoms in total. The molecule has 0 unspecified atom stereocenters. The van der Waals surface area contributed by atoms with E-state index < -0.39 is 35.6 Å². The molecule has 26 heavy (non-hydrogen) atoms. The van der Waals surface area contributed by atoms with Gasteiger partial charge < -0.3 is 9.80 Å². The molecule has 1 aliphatic rings. The number of urea groups is 1. The van der Waals surface area contributed by atoms with E-state index >= 15 is 0 Å². The van der Waals surface area contributed by atoms with E-state index in [2.05, 4.69) is 0 Å². The van der Waals surface area contributed by atoms with Crippen molar-refractivity contribution in [2.45, 2.75) is 44.6 Å². The number of alkyl halides is 6. The monoisotopic (exact) mass is 382 g/mol. The van der Waals surface area contributed by atoms with Gasteiger partial charge in [-0.1, -0.05) is 0 Å². The summed E-state index contributed by atoms with van der Waals surface area (Å²) in [5, 5.41) is 0. The Morgan fingerprint density at radius 2 is 1.42 bits per heavy atom. The number of halogens is 6. The first-order chi connectivity index (χ1) is 11.9. The Bertz CT molecular complexity index is 617. The smallest absolute Gasteiger partial charge is 0.325 e. The summed E-state index contributed by atoms with van der Waals surface area (Å²) in [4.78, 5) is 15.2. The third-order valence-corrected chi connectivity index (χ3v) is 4.60. The molecule has 0 spiro atoms. The SMILES string of the molecule is C[C@H](c1cc(C(F)(F)F)cc(C(F)(F)F)c1)N(C)C(=O)N1CCCCC1. The minimum absolute atomic E-state index is 0.0860. The highest BCUT2D eigenvalue weighted by molar-refractivity contribution is 5.74. The van der Waals surface area contributed by atoms with Crippen molar-refractivity contribution in [2.75, 3.05) is 20.1 Å². The maximum absolute atomic E-state index is 13.0. The van der Waals surface area contributed by atoms with Crippen LogP contribution in [0.15, 0.2) is 18.2 Å². The number of benzene rings is 1. The van der Waals surface area contributed by atoms with E-state index in [4.69, 9.17) is 0 Å². The van der Waals surface area contributed by atoms with Crippen molar-refractivity contribution in [2.24, 2.45) is 0 Å². The molecule has 146 valence electrons. The zero-order valence-corrected chi connectivity index (χ0v) is 14.4. The quantitative estimate of drug-likeness (QED) is 0.635. The number of hydrogen-bond acceptors (Lipinski definition) is 1. The summed E-state index contributed by atoms with van der Waals surface area (Å²) >= 11 is 0. The first-order valence-electron chi connectivity index (χ1n) is 8.22. The number of hydrogen-bond donors (Lipinski definition) is 0. The van der Waals surface area contributed by atoms with Crippen LogP contribution in [0.25, 0.3) is 0 Å². The zero-order valence-electron chi connectivity index (χ0n) is 14.4. The number of carbonyl (C=O) groups is 1. The Morgan fingerprint density at radius 3 is 1.85 bits per heavy atom. The second-order valence-corrected chi connectivity index (χ2v) is 6.46. The molecule has 1 heterocycles. The highest BCUT2D eigenvalue weighted by Crippen LogP contribution is 2.38. The molecule has 1 aromatic rings. The lowest BCUT2D eigenvalue weighted by atomic mass is 9.99. The van der Waals surface area contributed by atoms with Crippen molar-refractivity contribution in [3.05, 3.63) is 34.9 Å². The summed E-state index contributed by atoms with van der Waals surface area (Å²) < 4.78 is 78.0. The van der Waals surface area contributed by atoms with Gasteiger partial charge in [0.05, 0.1) is 17.2 Å². The van der Waals surface area contributed by atoms with E-state index in [1.165, 1.54) is 18.9 Å². The van der Waals surface area contributed by atoms with Crippen LogP contribution in [0.2, 0.25) is 0 Å². The van der Waals surface area contributed by atoms with Crippen molar-refractivity contribution in [1.82, 2.24) is 9.80 Å². The van der Waals surface area contributed by atoms with E-state index in [-0.39, 0.29) is 11.6 Å². The highest BCUT2D eigenvalue weighted by Gasteiger charge is 2.38. The average molecular weight is 382 g/mol. The van der Waals surface area contributed by atoms with Crippen molar-refractivity contribution >= 4 is 6.03 Å². The van der Waals surface area contributed by atoms with Crippen LogP contribution in [0.4, 0.5) is 31.1 Å². The summed E-state index contributed by atoms with van der Waals surface area (Å²) in [6, 6.07) is 0.0821. The van der Waals surface area contributed by atoms with Crippen LogP contribution in [-0.4, -0.2) is 36.0 Å². The molecule has 0 aromatic heterocycles. The molecule has 1 aliphatic heterocycles. The molecule has 9 heteroatoms. The van der Waals surface area contributed by atoms with Crippen LogP contribution in [0.3, 0.4) is 0 Å². The van der Waals surface area contributed by atoms with Gasteiger partial charge in [-0.25, -0.2) is 4.79 Å². The van der Waals surface area contributed by atoms with Gasteiger partial charge in [-0.3, -0.25) is 0 Å². The van der Waals surface area contributed by atoms with E-state index in [1.807, 2.05) is 0 Å². The first kappa shape index (κ1) is 20.4. The number of nitrogens with zero attached hydrogens (tertiary/aromatic N) is 2. The number of amides is 2. The summed E-state index contributed by atoms with van der Waals surface area (Å²) in [6.45, 7) is 2.48. The molecular weight excluding hydrogens is 362 g/mol. The highest BCUT2D eigenvalue weighted by atomic mass is 19.4. The maximum atomic E-state index is 13.0. The predicted octanol–water partition coefficient (Wildman–Crippen LogP) is 5.32. The standard InChI is InChI=1S/C17H20F6N2O/c1-11(24(2)15(26)25-6-4-3-5-7-25)12-8-13(16(18,19)20)10-14(9-12)17(21,22)23/h8-11H,3-7H2,1-2H3/t11-/m1/s1. The Kier molecular flexibility index (Phi) is 5.77. The summed E-state index contributed by atoms with van der Waals surface area (Å²) in [5.74, 6) is 0. The predicted molar refractivity (Wildman–Crippen MR) is 83.4 cm³/mol. The second kappa shape index (κ2) is 7.36. The minimum Gasteiger partial charge on any atom is -0.325 e. The molecule has 0 aliphatic carbocycles. The van der Waals surface area contributed by atoms with Crippen LogP contribution in [0.5, 0.6) is 0 Å². The fourth-order valence-corrected chi connectivity index (χ4v) is 2.92. The molecular formula is C17H20F6N2O. The van der Waals surface area contributed by atoms with Crippen LogP contribution >= 0.6 is 0 Å². The van der Waals surface area contributed by atoms with Gasteiger partial charge in [0.15, 0.2) is 0 Å². The zero-order chi connectivity index (χ0) is 19.7. The van der Waals surface area contributed by atoms with Gasteiger partial charge in [-0.2, -0.15) is 26.3 Å². The fourth-order valence-electron chi connectivity index (χ4n) is 2.92. The van der Waals surface area contributed by atoms with Crippen LogP contribution in [-0.2, 0) is 12.4 Å². The normalized spacial score (nSPS) is 17.2. The molecule has 1 atom stereocenters. The molecule has 2 rings (SSSR count). The lowest BCUT2D eigenvalue weighted by Gasteiger charge is -2.34. The Balaban J connectivity index is 2.34. The third-order valence-electron chi connectivity index (χ3n) is 4.60. The van der Waals surface area contributed by atoms with E-state index in [9.17, 15) is 31.1 Å². The first-order valence-corrected chi connectivity index (χ1v) is 8.22. The summed E-state index contributed by atoms with van der Waals surface area (Å²) in [7, 11) is 1.38. The lowest BCUT2D eigenvalue weighted by Crippen LogP contribution is -2.44. The molecule has 1 fully saturated rings. The number of carbonyl (C=O) groups excluding carboxylic acids is 1.